The molecule has 110 valence electrons. The molecule has 0 amide bonds. The van der Waals surface area contributed by atoms with Crippen molar-refractivity contribution >= 4 is 17.2 Å². The third-order valence-electron chi connectivity index (χ3n) is 3.88. The zero-order chi connectivity index (χ0) is 15.5. The van der Waals surface area contributed by atoms with Gasteiger partial charge in [0.1, 0.15) is 5.82 Å². The average Bonchev–Trinajstić information content (AvgIpc) is 2.54. The number of aryl methyl sites for hydroxylation is 2. The number of nitrogens with zero attached hydrogens (tertiary/aromatic N) is 2. The topological polar surface area (TPSA) is 16.1 Å². The number of hydrogen-bond donors (Lipinski definition) is 0. The molecule has 1 heterocycles. The van der Waals surface area contributed by atoms with Crippen molar-refractivity contribution < 1.29 is 0 Å². The minimum atomic E-state index is 0.995. The van der Waals surface area contributed by atoms with Gasteiger partial charge in [0.05, 0.1) is 0 Å². The average molecular weight is 288 g/mol. The van der Waals surface area contributed by atoms with Crippen molar-refractivity contribution in [2.24, 2.45) is 0 Å². The molecule has 0 aliphatic heterocycles. The summed E-state index contributed by atoms with van der Waals surface area (Å²) in [7, 11) is 0. The zero-order valence-electron chi connectivity index (χ0n) is 13.2. The van der Waals surface area contributed by atoms with Crippen LogP contribution in [0.5, 0.6) is 0 Å². The molecule has 0 saturated heterocycles. The number of rotatable bonds is 3. The second-order valence-corrected chi connectivity index (χ2v) is 5.54. The van der Waals surface area contributed by atoms with Crippen molar-refractivity contribution in [1.82, 2.24) is 4.98 Å². The van der Waals surface area contributed by atoms with E-state index in [9.17, 15) is 0 Å². The molecule has 22 heavy (non-hydrogen) atoms. The molecule has 3 rings (SSSR count). The first-order valence-electron chi connectivity index (χ1n) is 7.52. The van der Waals surface area contributed by atoms with E-state index < -0.39 is 0 Å². The number of pyridine rings is 1. The van der Waals surface area contributed by atoms with Gasteiger partial charge in [0, 0.05) is 17.1 Å². The highest BCUT2D eigenvalue weighted by Gasteiger charge is 2.16. The number of aromatic nitrogens is 1. The molecule has 0 unspecified atom stereocenters. The summed E-state index contributed by atoms with van der Waals surface area (Å²) < 4.78 is 0. The Morgan fingerprint density at radius 3 is 1.73 bits per heavy atom. The van der Waals surface area contributed by atoms with Gasteiger partial charge in [0.15, 0.2) is 0 Å². The van der Waals surface area contributed by atoms with Gasteiger partial charge in [0.2, 0.25) is 0 Å². The Hall–Kier alpha value is -2.61. The van der Waals surface area contributed by atoms with Crippen LogP contribution < -0.4 is 4.90 Å². The van der Waals surface area contributed by atoms with E-state index in [4.69, 9.17) is 4.98 Å². The highest BCUT2D eigenvalue weighted by molar-refractivity contribution is 5.76. The first-order chi connectivity index (χ1) is 10.7. The molecule has 0 saturated carbocycles. The number of anilines is 3. The smallest absolute Gasteiger partial charge is 0.141 e. The maximum Gasteiger partial charge on any atom is 0.141 e. The molecule has 0 radical (unpaired) electrons. The van der Waals surface area contributed by atoms with E-state index in [0.717, 1.165) is 22.9 Å². The van der Waals surface area contributed by atoms with Crippen LogP contribution in [0.2, 0.25) is 0 Å². The van der Waals surface area contributed by atoms with E-state index in [2.05, 4.69) is 73.3 Å². The number of para-hydroxylation sites is 2. The molecule has 0 aliphatic rings. The Labute approximate surface area is 132 Å². The van der Waals surface area contributed by atoms with Crippen molar-refractivity contribution in [3.63, 3.8) is 0 Å². The van der Waals surface area contributed by atoms with Crippen LogP contribution in [0.4, 0.5) is 17.2 Å². The van der Waals surface area contributed by atoms with Crippen LogP contribution in [-0.4, -0.2) is 4.98 Å². The fraction of sp³-hybridized carbons (Fsp3) is 0.150. The summed E-state index contributed by atoms with van der Waals surface area (Å²) in [5.41, 5.74) is 5.75. The van der Waals surface area contributed by atoms with E-state index in [-0.39, 0.29) is 0 Å². The van der Waals surface area contributed by atoms with Gasteiger partial charge in [0.25, 0.3) is 0 Å². The molecule has 3 aromatic rings. The molecule has 2 aromatic carbocycles. The van der Waals surface area contributed by atoms with Crippen molar-refractivity contribution in [2.45, 2.75) is 20.8 Å². The first kappa shape index (κ1) is 14.3. The summed E-state index contributed by atoms with van der Waals surface area (Å²) in [6.45, 7) is 6.32. The van der Waals surface area contributed by atoms with Crippen molar-refractivity contribution in [3.05, 3.63) is 83.6 Å². The van der Waals surface area contributed by atoms with Gasteiger partial charge in [-0.2, -0.15) is 0 Å². The second-order valence-electron chi connectivity index (χ2n) is 5.54. The molecule has 0 fully saturated rings. The Morgan fingerprint density at radius 1 is 0.727 bits per heavy atom. The quantitative estimate of drug-likeness (QED) is 0.634. The Morgan fingerprint density at radius 2 is 1.23 bits per heavy atom. The fourth-order valence-electron chi connectivity index (χ4n) is 2.65. The third kappa shape index (κ3) is 2.73. The normalized spacial score (nSPS) is 10.5. The van der Waals surface area contributed by atoms with Gasteiger partial charge in [-0.25, -0.2) is 4.98 Å². The van der Waals surface area contributed by atoms with E-state index in [0.29, 0.717) is 0 Å². The van der Waals surface area contributed by atoms with Crippen LogP contribution in [-0.2, 0) is 0 Å². The monoisotopic (exact) mass is 288 g/mol. The highest BCUT2D eigenvalue weighted by atomic mass is 15.2. The van der Waals surface area contributed by atoms with Gasteiger partial charge < -0.3 is 0 Å². The number of hydrogen-bond acceptors (Lipinski definition) is 2. The summed E-state index contributed by atoms with van der Waals surface area (Å²) in [6.07, 6.45) is 0. The molecule has 0 aliphatic carbocycles. The molecule has 0 bridgehead atoms. The molecule has 2 heteroatoms. The standard InChI is InChI=1S/C20H20N2/c1-15-14-16(2)21-20(17(15)3)22(18-10-6-4-7-11-18)19-12-8-5-9-13-19/h4-14H,1-3H3. The van der Waals surface area contributed by atoms with Crippen LogP contribution in [0, 0.1) is 20.8 Å². The Bertz CT molecular complexity index is 725. The second kappa shape index (κ2) is 6.02. The summed E-state index contributed by atoms with van der Waals surface area (Å²) in [4.78, 5) is 7.03. The Balaban J connectivity index is 2.23. The van der Waals surface area contributed by atoms with E-state index in [1.165, 1.54) is 11.1 Å². The van der Waals surface area contributed by atoms with Crippen molar-refractivity contribution in [2.75, 3.05) is 4.90 Å². The maximum absolute atomic E-state index is 4.81. The first-order valence-corrected chi connectivity index (χ1v) is 7.52. The largest absolute Gasteiger partial charge is 0.295 e. The summed E-state index contributed by atoms with van der Waals surface area (Å²) >= 11 is 0. The van der Waals surface area contributed by atoms with Crippen molar-refractivity contribution in [1.29, 1.82) is 0 Å². The Kier molecular flexibility index (Phi) is 3.92. The SMILES string of the molecule is Cc1cc(C)c(C)c(N(c2ccccc2)c2ccccc2)n1. The highest BCUT2D eigenvalue weighted by Crippen LogP contribution is 2.35. The van der Waals surface area contributed by atoms with Crippen LogP contribution >= 0.6 is 0 Å². The van der Waals surface area contributed by atoms with Gasteiger partial charge >= 0.3 is 0 Å². The lowest BCUT2D eigenvalue weighted by molar-refractivity contribution is 1.08. The minimum absolute atomic E-state index is 0.995. The van der Waals surface area contributed by atoms with Gasteiger partial charge in [-0.15, -0.1) is 0 Å². The summed E-state index contributed by atoms with van der Waals surface area (Å²) in [6, 6.07) is 22.9. The molecule has 0 N–H and O–H groups in total. The molecular weight excluding hydrogens is 268 g/mol. The predicted octanol–water partition coefficient (Wildman–Crippen LogP) is 5.48. The van der Waals surface area contributed by atoms with Crippen LogP contribution in [0.3, 0.4) is 0 Å². The van der Waals surface area contributed by atoms with E-state index in [1.54, 1.807) is 0 Å². The molecule has 0 atom stereocenters. The number of benzene rings is 2. The van der Waals surface area contributed by atoms with Gasteiger partial charge in [-0.1, -0.05) is 36.4 Å². The molecule has 0 spiro atoms. The van der Waals surface area contributed by atoms with Crippen LogP contribution in [0.25, 0.3) is 0 Å². The van der Waals surface area contributed by atoms with E-state index >= 15 is 0 Å². The van der Waals surface area contributed by atoms with Crippen LogP contribution in [0.15, 0.2) is 66.7 Å². The lowest BCUT2D eigenvalue weighted by Crippen LogP contribution is -2.14. The fourth-order valence-corrected chi connectivity index (χ4v) is 2.65. The van der Waals surface area contributed by atoms with Crippen molar-refractivity contribution in [3.8, 4) is 0 Å². The molecular formula is C20H20N2. The summed E-state index contributed by atoms with van der Waals surface area (Å²) in [5, 5.41) is 0. The predicted molar refractivity (Wildman–Crippen MR) is 93.1 cm³/mol. The molecule has 2 nitrogen and oxygen atoms in total. The van der Waals surface area contributed by atoms with E-state index in [1.807, 2.05) is 19.1 Å². The zero-order valence-corrected chi connectivity index (χ0v) is 13.2. The molecule has 1 aromatic heterocycles. The lowest BCUT2D eigenvalue weighted by atomic mass is 10.1. The minimum Gasteiger partial charge on any atom is -0.295 e. The summed E-state index contributed by atoms with van der Waals surface area (Å²) in [5.74, 6) is 0.995. The van der Waals surface area contributed by atoms with Gasteiger partial charge in [-0.05, 0) is 62.2 Å². The van der Waals surface area contributed by atoms with Gasteiger partial charge in [-0.3, -0.25) is 4.90 Å². The lowest BCUT2D eigenvalue weighted by Gasteiger charge is -2.26. The third-order valence-corrected chi connectivity index (χ3v) is 3.88. The van der Waals surface area contributed by atoms with Crippen LogP contribution in [0.1, 0.15) is 16.8 Å². The maximum atomic E-state index is 4.81.